The van der Waals surface area contributed by atoms with Crippen molar-refractivity contribution in [3.05, 3.63) is 60.2 Å². The molecule has 2 aromatic carbocycles. The smallest absolute Gasteiger partial charge is 0.238 e. The van der Waals surface area contributed by atoms with Gasteiger partial charge in [-0.1, -0.05) is 13.8 Å². The summed E-state index contributed by atoms with van der Waals surface area (Å²) in [5.74, 6) is -1.14. The van der Waals surface area contributed by atoms with Crippen LogP contribution in [-0.2, 0) is 9.59 Å². The molecule has 0 unspecified atom stereocenters. The summed E-state index contributed by atoms with van der Waals surface area (Å²) in [6.45, 7) is 5.98. The van der Waals surface area contributed by atoms with Crippen LogP contribution in [0, 0.1) is 17.6 Å². The summed E-state index contributed by atoms with van der Waals surface area (Å²) in [4.78, 5) is 26.6. The van der Waals surface area contributed by atoms with Crippen molar-refractivity contribution in [1.29, 1.82) is 0 Å². The van der Waals surface area contributed by atoms with Crippen molar-refractivity contribution >= 4 is 23.2 Å². The zero-order valence-corrected chi connectivity index (χ0v) is 16.2. The standard InChI is InChI=1S/C21H25F2N3O2/c1-14(2)15(3)26(12-20(27)24-18-8-4-16(22)5-9-18)13-21(28)25-19-10-6-17(23)7-11-19/h4-11,14-15H,12-13H2,1-3H3,(H,24,27)(H,25,28)/t15-/m1/s1. The predicted molar refractivity (Wildman–Crippen MR) is 106 cm³/mol. The van der Waals surface area contributed by atoms with Gasteiger partial charge in [0.2, 0.25) is 11.8 Å². The molecule has 0 aliphatic heterocycles. The molecule has 0 aromatic heterocycles. The molecule has 0 saturated carbocycles. The molecular formula is C21H25F2N3O2. The van der Waals surface area contributed by atoms with E-state index in [0.717, 1.165) is 0 Å². The lowest BCUT2D eigenvalue weighted by molar-refractivity contribution is -0.121. The lowest BCUT2D eigenvalue weighted by atomic mass is 10.0. The van der Waals surface area contributed by atoms with E-state index in [2.05, 4.69) is 10.6 Å². The molecule has 2 aromatic rings. The summed E-state index contributed by atoms with van der Waals surface area (Å²) in [6.07, 6.45) is 0. The number of nitrogens with one attached hydrogen (secondary N) is 2. The SMILES string of the molecule is CC(C)[C@@H](C)N(CC(=O)Nc1ccc(F)cc1)CC(=O)Nc1ccc(F)cc1. The number of rotatable bonds is 8. The quantitative estimate of drug-likeness (QED) is 0.720. The number of halogens is 2. The van der Waals surface area contributed by atoms with Gasteiger partial charge in [0.15, 0.2) is 0 Å². The minimum atomic E-state index is -0.384. The van der Waals surface area contributed by atoms with E-state index in [1.807, 2.05) is 20.8 Å². The van der Waals surface area contributed by atoms with Gasteiger partial charge in [-0.3, -0.25) is 14.5 Å². The van der Waals surface area contributed by atoms with Crippen molar-refractivity contribution in [1.82, 2.24) is 4.90 Å². The van der Waals surface area contributed by atoms with Crippen molar-refractivity contribution < 1.29 is 18.4 Å². The highest BCUT2D eigenvalue weighted by molar-refractivity contribution is 5.94. The molecule has 2 amide bonds. The first kappa shape index (κ1) is 21.5. The van der Waals surface area contributed by atoms with Crippen LogP contribution < -0.4 is 10.6 Å². The molecule has 2 rings (SSSR count). The van der Waals surface area contributed by atoms with Gasteiger partial charge < -0.3 is 10.6 Å². The van der Waals surface area contributed by atoms with Crippen LogP contribution in [-0.4, -0.2) is 35.8 Å². The minimum absolute atomic E-state index is 0.00750. The van der Waals surface area contributed by atoms with E-state index in [9.17, 15) is 18.4 Å². The van der Waals surface area contributed by atoms with Crippen molar-refractivity contribution in [3.63, 3.8) is 0 Å². The van der Waals surface area contributed by atoms with E-state index in [-0.39, 0.29) is 48.5 Å². The highest BCUT2D eigenvalue weighted by Gasteiger charge is 2.22. The summed E-state index contributed by atoms with van der Waals surface area (Å²) >= 11 is 0. The Labute approximate surface area is 163 Å². The lowest BCUT2D eigenvalue weighted by Gasteiger charge is -2.30. The van der Waals surface area contributed by atoms with Crippen LogP contribution in [0.1, 0.15) is 20.8 Å². The fraction of sp³-hybridized carbons (Fsp3) is 0.333. The van der Waals surface area contributed by atoms with Crippen LogP contribution in [0.5, 0.6) is 0 Å². The number of carbonyl (C=O) groups excluding carboxylic acids is 2. The summed E-state index contributed by atoms with van der Waals surface area (Å²) < 4.78 is 26.0. The molecule has 2 N–H and O–H groups in total. The van der Waals surface area contributed by atoms with E-state index in [4.69, 9.17) is 0 Å². The van der Waals surface area contributed by atoms with Gasteiger partial charge in [0.25, 0.3) is 0 Å². The molecule has 5 nitrogen and oxygen atoms in total. The maximum absolute atomic E-state index is 13.0. The van der Waals surface area contributed by atoms with Crippen LogP contribution in [0.2, 0.25) is 0 Å². The van der Waals surface area contributed by atoms with Gasteiger partial charge in [-0.2, -0.15) is 0 Å². The molecular weight excluding hydrogens is 364 g/mol. The number of nitrogens with zero attached hydrogens (tertiary/aromatic N) is 1. The number of hydrogen-bond acceptors (Lipinski definition) is 3. The molecule has 0 aliphatic rings. The molecule has 0 aliphatic carbocycles. The zero-order chi connectivity index (χ0) is 20.7. The molecule has 0 fully saturated rings. The average Bonchev–Trinajstić information content (AvgIpc) is 2.64. The summed E-state index contributed by atoms with van der Waals surface area (Å²) in [5.41, 5.74) is 0.971. The average molecular weight is 389 g/mol. The molecule has 0 spiro atoms. The Balaban J connectivity index is 2.00. The highest BCUT2D eigenvalue weighted by Crippen LogP contribution is 2.13. The molecule has 7 heteroatoms. The Morgan fingerprint density at radius 3 is 1.46 bits per heavy atom. The first-order chi connectivity index (χ1) is 13.2. The van der Waals surface area contributed by atoms with Crippen molar-refractivity contribution in [2.45, 2.75) is 26.8 Å². The molecule has 0 bridgehead atoms. The maximum Gasteiger partial charge on any atom is 0.238 e. The van der Waals surface area contributed by atoms with Crippen LogP contribution in [0.15, 0.2) is 48.5 Å². The lowest BCUT2D eigenvalue weighted by Crippen LogP contribution is -2.45. The third kappa shape index (κ3) is 6.74. The predicted octanol–water partition coefficient (Wildman–Crippen LogP) is 3.89. The third-order valence-corrected chi connectivity index (χ3v) is 4.49. The number of carbonyl (C=O) groups is 2. The van der Waals surface area contributed by atoms with E-state index in [1.54, 1.807) is 4.90 Å². The second kappa shape index (κ2) is 9.94. The third-order valence-electron chi connectivity index (χ3n) is 4.49. The first-order valence-corrected chi connectivity index (χ1v) is 9.09. The van der Waals surface area contributed by atoms with Crippen molar-refractivity contribution in [3.8, 4) is 0 Å². The second-order valence-electron chi connectivity index (χ2n) is 7.00. The molecule has 0 radical (unpaired) electrons. The van der Waals surface area contributed by atoms with E-state index < -0.39 is 0 Å². The van der Waals surface area contributed by atoms with Gasteiger partial charge in [0.05, 0.1) is 13.1 Å². The van der Waals surface area contributed by atoms with Gasteiger partial charge >= 0.3 is 0 Å². The Hall–Kier alpha value is -2.80. The molecule has 1 atom stereocenters. The minimum Gasteiger partial charge on any atom is -0.325 e. The van der Waals surface area contributed by atoms with Crippen molar-refractivity contribution in [2.75, 3.05) is 23.7 Å². The first-order valence-electron chi connectivity index (χ1n) is 9.09. The van der Waals surface area contributed by atoms with E-state index >= 15 is 0 Å². The number of benzene rings is 2. The van der Waals surface area contributed by atoms with Crippen LogP contribution in [0.25, 0.3) is 0 Å². The summed E-state index contributed by atoms with van der Waals surface area (Å²) in [7, 11) is 0. The molecule has 0 saturated heterocycles. The van der Waals surface area contributed by atoms with E-state index in [1.165, 1.54) is 48.5 Å². The van der Waals surface area contributed by atoms with Crippen LogP contribution in [0.4, 0.5) is 20.2 Å². The van der Waals surface area contributed by atoms with Gasteiger partial charge in [-0.05, 0) is 61.4 Å². The number of anilines is 2. The second-order valence-corrected chi connectivity index (χ2v) is 7.00. The number of amides is 2. The van der Waals surface area contributed by atoms with Crippen LogP contribution in [0.3, 0.4) is 0 Å². The Morgan fingerprint density at radius 1 is 0.786 bits per heavy atom. The molecule has 150 valence electrons. The van der Waals surface area contributed by atoms with E-state index in [0.29, 0.717) is 11.4 Å². The van der Waals surface area contributed by atoms with Gasteiger partial charge in [-0.25, -0.2) is 8.78 Å². The monoisotopic (exact) mass is 389 g/mol. The van der Waals surface area contributed by atoms with Gasteiger partial charge in [-0.15, -0.1) is 0 Å². The largest absolute Gasteiger partial charge is 0.325 e. The maximum atomic E-state index is 13.0. The van der Waals surface area contributed by atoms with Crippen LogP contribution >= 0.6 is 0 Å². The fourth-order valence-corrected chi connectivity index (χ4v) is 2.60. The summed E-state index contributed by atoms with van der Waals surface area (Å²) in [6, 6.07) is 10.9. The zero-order valence-electron chi connectivity index (χ0n) is 16.2. The van der Waals surface area contributed by atoms with Gasteiger partial charge in [0, 0.05) is 17.4 Å². The molecule has 28 heavy (non-hydrogen) atoms. The number of hydrogen-bond donors (Lipinski definition) is 2. The topological polar surface area (TPSA) is 61.4 Å². The Bertz CT molecular complexity index is 731. The summed E-state index contributed by atoms with van der Waals surface area (Å²) in [5, 5.41) is 5.40. The highest BCUT2D eigenvalue weighted by atomic mass is 19.1. The normalized spacial score (nSPS) is 12.1. The van der Waals surface area contributed by atoms with Crippen molar-refractivity contribution in [2.24, 2.45) is 5.92 Å². The Kier molecular flexibility index (Phi) is 7.63. The van der Waals surface area contributed by atoms with Gasteiger partial charge in [0.1, 0.15) is 11.6 Å². The molecule has 0 heterocycles. The Morgan fingerprint density at radius 2 is 1.14 bits per heavy atom. The fourth-order valence-electron chi connectivity index (χ4n) is 2.60.